The molecule has 0 aromatic rings. The zero-order valence-electron chi connectivity index (χ0n) is 11.7. The highest BCUT2D eigenvalue weighted by molar-refractivity contribution is 5.20. The van der Waals surface area contributed by atoms with E-state index < -0.39 is 0 Å². The SMILES string of the molecule is [CH]=C/C=C/C=C/C=C/C=C/C=C/C=C/C=C/CCC. The second-order valence-corrected chi connectivity index (χ2v) is 3.72. The van der Waals surface area contributed by atoms with Crippen molar-refractivity contribution in [3.63, 3.8) is 0 Å². The van der Waals surface area contributed by atoms with Gasteiger partial charge in [-0.2, -0.15) is 0 Å². The van der Waals surface area contributed by atoms with Gasteiger partial charge in [-0.25, -0.2) is 0 Å². The van der Waals surface area contributed by atoms with Crippen LogP contribution in [0.4, 0.5) is 0 Å². The van der Waals surface area contributed by atoms with E-state index in [0.29, 0.717) is 0 Å². The number of allylic oxidation sites excluding steroid dienone is 15. The highest BCUT2D eigenvalue weighted by Gasteiger charge is 1.68. The first-order valence-corrected chi connectivity index (χ1v) is 6.62. The molecular weight excluding hydrogens is 228 g/mol. The molecule has 0 aliphatic rings. The van der Waals surface area contributed by atoms with E-state index in [2.05, 4.69) is 19.1 Å². The summed E-state index contributed by atoms with van der Waals surface area (Å²) < 4.78 is 0. The van der Waals surface area contributed by atoms with Gasteiger partial charge in [0.05, 0.1) is 0 Å². The summed E-state index contributed by atoms with van der Waals surface area (Å²) in [5, 5.41) is 0. The maximum Gasteiger partial charge on any atom is -0.0350 e. The highest BCUT2D eigenvalue weighted by atomic mass is 13.8. The maximum atomic E-state index is 5.19. The van der Waals surface area contributed by atoms with Crippen LogP contribution >= 0.6 is 0 Å². The van der Waals surface area contributed by atoms with Crippen LogP contribution in [0.2, 0.25) is 0 Å². The number of hydrogen-bond donors (Lipinski definition) is 0. The molecular formula is C19H23. The minimum atomic E-state index is 1.14. The summed E-state index contributed by atoms with van der Waals surface area (Å²) in [6, 6.07) is 0. The molecule has 0 aromatic heterocycles. The van der Waals surface area contributed by atoms with Crippen molar-refractivity contribution < 1.29 is 0 Å². The molecule has 19 heavy (non-hydrogen) atoms. The Morgan fingerprint density at radius 3 is 1.32 bits per heavy atom. The average Bonchev–Trinajstić information content (AvgIpc) is 2.43. The Morgan fingerprint density at radius 1 is 0.579 bits per heavy atom. The summed E-state index contributed by atoms with van der Waals surface area (Å²) in [5.41, 5.74) is 0. The van der Waals surface area contributed by atoms with Gasteiger partial charge in [0.15, 0.2) is 0 Å². The van der Waals surface area contributed by atoms with Gasteiger partial charge < -0.3 is 0 Å². The zero-order valence-corrected chi connectivity index (χ0v) is 11.7. The normalized spacial score (nSPS) is 13.7. The Hall–Kier alpha value is -2.08. The molecule has 0 heterocycles. The molecule has 1 radical (unpaired) electrons. The van der Waals surface area contributed by atoms with E-state index in [-0.39, 0.29) is 0 Å². The Labute approximate surface area is 118 Å². The van der Waals surface area contributed by atoms with Crippen LogP contribution in [-0.4, -0.2) is 0 Å². The molecule has 0 aliphatic carbocycles. The van der Waals surface area contributed by atoms with E-state index in [1.165, 1.54) is 12.5 Å². The lowest BCUT2D eigenvalue weighted by Crippen LogP contribution is -1.58. The molecule has 0 saturated carbocycles. The van der Waals surface area contributed by atoms with Gasteiger partial charge >= 0.3 is 0 Å². The van der Waals surface area contributed by atoms with E-state index in [9.17, 15) is 0 Å². The predicted molar refractivity (Wildman–Crippen MR) is 87.8 cm³/mol. The Morgan fingerprint density at radius 2 is 0.947 bits per heavy atom. The van der Waals surface area contributed by atoms with E-state index in [1.54, 1.807) is 6.08 Å². The van der Waals surface area contributed by atoms with Crippen molar-refractivity contribution in [1.29, 1.82) is 0 Å². The highest BCUT2D eigenvalue weighted by Crippen LogP contribution is 1.89. The van der Waals surface area contributed by atoms with Crippen LogP contribution in [0.3, 0.4) is 0 Å². The summed E-state index contributed by atoms with van der Waals surface area (Å²) >= 11 is 0. The van der Waals surface area contributed by atoms with E-state index in [1.807, 2.05) is 66.8 Å². The Kier molecular flexibility index (Phi) is 14.2. The van der Waals surface area contributed by atoms with Crippen LogP contribution in [0, 0.1) is 6.58 Å². The third-order valence-corrected chi connectivity index (χ3v) is 2.04. The Balaban J connectivity index is 3.78. The van der Waals surface area contributed by atoms with Gasteiger partial charge in [0.1, 0.15) is 0 Å². The van der Waals surface area contributed by atoms with Gasteiger partial charge in [0, 0.05) is 0 Å². The van der Waals surface area contributed by atoms with Crippen LogP contribution in [0.25, 0.3) is 0 Å². The van der Waals surface area contributed by atoms with Gasteiger partial charge in [-0.3, -0.25) is 0 Å². The molecule has 0 nitrogen and oxygen atoms in total. The van der Waals surface area contributed by atoms with Crippen molar-refractivity contribution in [3.05, 3.63) is 97.7 Å². The number of rotatable bonds is 9. The summed E-state index contributed by atoms with van der Waals surface area (Å²) in [5.74, 6) is 0. The fourth-order valence-corrected chi connectivity index (χ4v) is 1.11. The third kappa shape index (κ3) is 15.9. The molecule has 0 rings (SSSR count). The van der Waals surface area contributed by atoms with Gasteiger partial charge in [-0.15, -0.1) is 0 Å². The van der Waals surface area contributed by atoms with E-state index >= 15 is 0 Å². The average molecular weight is 251 g/mol. The second kappa shape index (κ2) is 15.9. The molecule has 0 bridgehead atoms. The van der Waals surface area contributed by atoms with E-state index in [0.717, 1.165) is 6.42 Å². The van der Waals surface area contributed by atoms with Crippen LogP contribution in [0.15, 0.2) is 91.1 Å². The fraction of sp³-hybridized carbons (Fsp3) is 0.158. The van der Waals surface area contributed by atoms with Crippen molar-refractivity contribution in [3.8, 4) is 0 Å². The molecule has 0 aliphatic heterocycles. The van der Waals surface area contributed by atoms with Crippen molar-refractivity contribution in [2.75, 3.05) is 0 Å². The minimum Gasteiger partial charge on any atom is -0.0845 e. The van der Waals surface area contributed by atoms with Crippen LogP contribution in [0.5, 0.6) is 0 Å². The summed E-state index contributed by atoms with van der Waals surface area (Å²) in [6.45, 7) is 7.37. The molecule has 0 saturated heterocycles. The van der Waals surface area contributed by atoms with Crippen molar-refractivity contribution in [2.45, 2.75) is 19.8 Å². The van der Waals surface area contributed by atoms with Crippen molar-refractivity contribution in [2.24, 2.45) is 0 Å². The lowest BCUT2D eigenvalue weighted by atomic mass is 10.3. The monoisotopic (exact) mass is 251 g/mol. The lowest BCUT2D eigenvalue weighted by Gasteiger charge is -1.79. The summed E-state index contributed by atoms with van der Waals surface area (Å²) in [6.07, 6.45) is 31.6. The third-order valence-electron chi connectivity index (χ3n) is 2.04. The predicted octanol–water partition coefficient (Wildman–Crippen LogP) is 5.67. The first-order valence-electron chi connectivity index (χ1n) is 6.62. The molecule has 0 atom stereocenters. The molecule has 0 fully saturated rings. The van der Waals surface area contributed by atoms with E-state index in [4.69, 9.17) is 6.58 Å². The van der Waals surface area contributed by atoms with Gasteiger partial charge in [-0.1, -0.05) is 111 Å². The molecule has 0 unspecified atom stereocenters. The summed E-state index contributed by atoms with van der Waals surface area (Å²) in [7, 11) is 0. The Bertz CT molecular complexity index is 396. The lowest BCUT2D eigenvalue weighted by molar-refractivity contribution is 0.959. The standard InChI is InChI=1S/C19H23/c1-3-5-7-9-11-13-15-17-19-18-16-14-12-10-8-6-4-2/h1,3,5,7-19H,4,6H2,2H3/b3-1?,7-5+,10-8+,11-9+,14-12+,15-13+,18-16+,19-17+. The van der Waals surface area contributed by atoms with Gasteiger partial charge in [0.25, 0.3) is 0 Å². The molecule has 99 valence electrons. The van der Waals surface area contributed by atoms with Crippen LogP contribution in [0.1, 0.15) is 19.8 Å². The molecule has 0 N–H and O–H groups in total. The quantitative estimate of drug-likeness (QED) is 0.463. The first kappa shape index (κ1) is 16.9. The van der Waals surface area contributed by atoms with Gasteiger partial charge in [0.2, 0.25) is 0 Å². The maximum absolute atomic E-state index is 5.19. The topological polar surface area (TPSA) is 0 Å². The van der Waals surface area contributed by atoms with Crippen molar-refractivity contribution in [1.82, 2.24) is 0 Å². The van der Waals surface area contributed by atoms with Crippen molar-refractivity contribution >= 4 is 0 Å². The molecule has 0 amide bonds. The first-order chi connectivity index (χ1) is 9.41. The number of hydrogen-bond acceptors (Lipinski definition) is 0. The zero-order chi connectivity index (χ0) is 14.0. The fourth-order valence-electron chi connectivity index (χ4n) is 1.11. The van der Waals surface area contributed by atoms with Crippen LogP contribution in [-0.2, 0) is 0 Å². The molecule has 0 heteroatoms. The van der Waals surface area contributed by atoms with Crippen LogP contribution < -0.4 is 0 Å². The smallest absolute Gasteiger partial charge is 0.0350 e. The van der Waals surface area contributed by atoms with Gasteiger partial charge in [-0.05, 0) is 6.42 Å². The molecule has 0 aromatic carbocycles. The summed E-state index contributed by atoms with van der Waals surface area (Å²) in [4.78, 5) is 0. The number of unbranched alkanes of at least 4 members (excludes halogenated alkanes) is 1. The molecule has 0 spiro atoms. The second-order valence-electron chi connectivity index (χ2n) is 3.72. The minimum absolute atomic E-state index is 1.14. The largest absolute Gasteiger partial charge is 0.0845 e.